The molecular formula is C21H25F3N4O3. The third-order valence-corrected chi connectivity index (χ3v) is 5.62. The molecule has 7 nitrogen and oxygen atoms in total. The maximum Gasteiger partial charge on any atom is 0.432 e. The lowest BCUT2D eigenvalue weighted by Gasteiger charge is -2.39. The molecule has 10 heteroatoms. The molecule has 2 aliphatic rings. The van der Waals surface area contributed by atoms with Crippen molar-refractivity contribution >= 4 is 5.91 Å². The number of ether oxygens (including phenoxy) is 2. The summed E-state index contributed by atoms with van der Waals surface area (Å²) in [5.41, 5.74) is 0.645. The molecule has 2 fully saturated rings. The van der Waals surface area contributed by atoms with Crippen molar-refractivity contribution in [1.29, 1.82) is 0 Å². The van der Waals surface area contributed by atoms with E-state index < -0.39 is 23.6 Å². The normalized spacial score (nSPS) is 24.6. The van der Waals surface area contributed by atoms with E-state index in [1.54, 1.807) is 0 Å². The number of amides is 1. The smallest absolute Gasteiger partial charge is 0.370 e. The summed E-state index contributed by atoms with van der Waals surface area (Å²) >= 11 is 0. The predicted molar refractivity (Wildman–Crippen MR) is 105 cm³/mol. The Bertz CT molecular complexity index is 915. The van der Waals surface area contributed by atoms with Crippen LogP contribution in [-0.2, 0) is 33.5 Å². The van der Waals surface area contributed by atoms with Gasteiger partial charge in [0.2, 0.25) is 5.91 Å². The summed E-state index contributed by atoms with van der Waals surface area (Å²) in [7, 11) is 0. The monoisotopic (exact) mass is 438 g/mol. The zero-order valence-electron chi connectivity index (χ0n) is 17.2. The Morgan fingerprint density at radius 2 is 2.13 bits per heavy atom. The minimum Gasteiger partial charge on any atom is -0.370 e. The second kappa shape index (κ2) is 8.60. The quantitative estimate of drug-likeness (QED) is 0.750. The van der Waals surface area contributed by atoms with Gasteiger partial charge in [-0.2, -0.15) is 13.2 Å². The molecule has 2 unspecified atom stereocenters. The Balaban J connectivity index is 1.31. The molecule has 1 aromatic heterocycles. The number of nitrogens with one attached hydrogen (secondary N) is 2. The number of imidazole rings is 1. The number of H-pyrrole nitrogens is 1. The van der Waals surface area contributed by atoms with Crippen LogP contribution in [0, 0.1) is 6.92 Å². The molecule has 1 amide bonds. The number of benzene rings is 1. The number of nitrogens with zero attached hydrogens (tertiary/aromatic N) is 2. The van der Waals surface area contributed by atoms with Gasteiger partial charge < -0.3 is 19.8 Å². The first-order valence-corrected chi connectivity index (χ1v) is 10.1. The Kier molecular flexibility index (Phi) is 6.05. The maximum absolute atomic E-state index is 12.8. The van der Waals surface area contributed by atoms with Crippen LogP contribution in [0.4, 0.5) is 13.2 Å². The van der Waals surface area contributed by atoms with Crippen molar-refractivity contribution in [2.75, 3.05) is 26.3 Å². The Labute approximate surface area is 177 Å². The highest BCUT2D eigenvalue weighted by Crippen LogP contribution is 2.32. The molecule has 31 heavy (non-hydrogen) atoms. The minimum absolute atomic E-state index is 0.195. The van der Waals surface area contributed by atoms with Crippen LogP contribution >= 0.6 is 0 Å². The average molecular weight is 438 g/mol. The van der Waals surface area contributed by atoms with Crippen molar-refractivity contribution < 1.29 is 27.4 Å². The van der Waals surface area contributed by atoms with Crippen molar-refractivity contribution in [3.63, 3.8) is 0 Å². The lowest BCUT2D eigenvalue weighted by atomic mass is 9.97. The van der Waals surface area contributed by atoms with E-state index in [2.05, 4.69) is 15.3 Å². The number of carbonyl (C=O) groups excluding carboxylic acids is 1. The summed E-state index contributed by atoms with van der Waals surface area (Å²) in [6, 6.07) is 7.91. The van der Waals surface area contributed by atoms with Gasteiger partial charge in [0.25, 0.3) is 0 Å². The number of aromatic nitrogens is 2. The zero-order valence-corrected chi connectivity index (χ0v) is 17.2. The van der Waals surface area contributed by atoms with Crippen LogP contribution < -0.4 is 5.32 Å². The molecular weight excluding hydrogens is 413 g/mol. The third-order valence-electron chi connectivity index (χ3n) is 5.62. The number of carbonyl (C=O) groups is 1. The third kappa shape index (κ3) is 5.25. The summed E-state index contributed by atoms with van der Waals surface area (Å²) in [4.78, 5) is 20.7. The molecule has 2 N–H and O–H groups in total. The number of aryl methyl sites for hydroxylation is 1. The van der Waals surface area contributed by atoms with Gasteiger partial charge in [-0.1, -0.05) is 29.8 Å². The van der Waals surface area contributed by atoms with Crippen LogP contribution in [-0.4, -0.2) is 58.8 Å². The molecule has 1 spiro atoms. The molecule has 0 saturated carbocycles. The number of rotatable bonds is 5. The highest BCUT2D eigenvalue weighted by molar-refractivity contribution is 5.81. The summed E-state index contributed by atoms with van der Waals surface area (Å²) in [5, 5.41) is 2.90. The number of morpholine rings is 1. The lowest BCUT2D eigenvalue weighted by Crippen LogP contribution is -2.52. The first-order chi connectivity index (χ1) is 14.7. The molecule has 2 atom stereocenters. The number of hydrogen-bond acceptors (Lipinski definition) is 5. The van der Waals surface area contributed by atoms with E-state index in [0.29, 0.717) is 32.7 Å². The van der Waals surface area contributed by atoms with Gasteiger partial charge in [0.15, 0.2) is 0 Å². The Hall–Kier alpha value is -2.43. The number of hydrogen-bond donors (Lipinski definition) is 2. The molecule has 1 aromatic carbocycles. The Morgan fingerprint density at radius 3 is 2.84 bits per heavy atom. The summed E-state index contributed by atoms with van der Waals surface area (Å²) in [6.07, 6.45) is -3.87. The van der Waals surface area contributed by atoms with Gasteiger partial charge in [0.05, 0.1) is 26.0 Å². The molecule has 168 valence electrons. The zero-order chi connectivity index (χ0) is 22.1. The highest BCUT2D eigenvalue weighted by atomic mass is 19.4. The van der Waals surface area contributed by atoms with Crippen molar-refractivity contribution in [1.82, 2.24) is 20.2 Å². The van der Waals surface area contributed by atoms with E-state index in [9.17, 15) is 18.0 Å². The number of halogens is 3. The van der Waals surface area contributed by atoms with Gasteiger partial charge in [-0.3, -0.25) is 9.69 Å². The molecule has 3 heterocycles. The van der Waals surface area contributed by atoms with E-state index in [-0.39, 0.29) is 24.9 Å². The maximum atomic E-state index is 12.8. The molecule has 2 saturated heterocycles. The van der Waals surface area contributed by atoms with E-state index in [1.807, 2.05) is 36.1 Å². The SMILES string of the molecule is Cc1ccc(CNC(=O)C2CC3(CO2)CN(Cc2ncc(C(F)(F)F)[nH]2)CCO3)cc1. The largest absolute Gasteiger partial charge is 0.432 e. The van der Waals surface area contributed by atoms with E-state index in [1.165, 1.54) is 0 Å². The molecule has 4 rings (SSSR count). The second-order valence-electron chi connectivity index (χ2n) is 8.19. The van der Waals surface area contributed by atoms with Crippen LogP contribution in [0.1, 0.15) is 29.1 Å². The van der Waals surface area contributed by atoms with E-state index >= 15 is 0 Å². The van der Waals surface area contributed by atoms with Crippen molar-refractivity contribution in [3.8, 4) is 0 Å². The van der Waals surface area contributed by atoms with Gasteiger partial charge in [-0.25, -0.2) is 4.98 Å². The fourth-order valence-corrected chi connectivity index (χ4v) is 3.95. The number of alkyl halides is 3. The van der Waals surface area contributed by atoms with Crippen LogP contribution in [0.3, 0.4) is 0 Å². The van der Waals surface area contributed by atoms with Crippen molar-refractivity contribution in [2.24, 2.45) is 0 Å². The van der Waals surface area contributed by atoms with E-state index in [0.717, 1.165) is 17.3 Å². The molecule has 2 aromatic rings. The van der Waals surface area contributed by atoms with Gasteiger partial charge >= 0.3 is 6.18 Å². The molecule has 0 aliphatic carbocycles. The van der Waals surface area contributed by atoms with Crippen molar-refractivity contribution in [2.45, 2.75) is 44.3 Å². The summed E-state index contributed by atoms with van der Waals surface area (Å²) in [6.45, 7) is 4.35. The van der Waals surface area contributed by atoms with Crippen LogP contribution in [0.15, 0.2) is 30.5 Å². The predicted octanol–water partition coefficient (Wildman–Crippen LogP) is 2.41. The van der Waals surface area contributed by atoms with Crippen LogP contribution in [0.2, 0.25) is 0 Å². The van der Waals surface area contributed by atoms with Gasteiger partial charge in [0.1, 0.15) is 23.2 Å². The van der Waals surface area contributed by atoms with E-state index in [4.69, 9.17) is 9.47 Å². The highest BCUT2D eigenvalue weighted by Gasteiger charge is 2.47. The molecule has 0 radical (unpaired) electrons. The van der Waals surface area contributed by atoms with Gasteiger partial charge in [-0.15, -0.1) is 0 Å². The van der Waals surface area contributed by atoms with Gasteiger partial charge in [-0.05, 0) is 12.5 Å². The van der Waals surface area contributed by atoms with Crippen molar-refractivity contribution in [3.05, 3.63) is 53.1 Å². The topological polar surface area (TPSA) is 79.5 Å². The Morgan fingerprint density at radius 1 is 1.35 bits per heavy atom. The average Bonchev–Trinajstić information content (AvgIpc) is 3.35. The fraction of sp³-hybridized carbons (Fsp3) is 0.524. The minimum atomic E-state index is -4.45. The number of aromatic amines is 1. The summed E-state index contributed by atoms with van der Waals surface area (Å²) < 4.78 is 50.0. The van der Waals surface area contributed by atoms with Crippen LogP contribution in [0.25, 0.3) is 0 Å². The van der Waals surface area contributed by atoms with Gasteiger partial charge in [0, 0.05) is 26.1 Å². The molecule has 0 bridgehead atoms. The first kappa shape index (κ1) is 21.8. The second-order valence-corrected chi connectivity index (χ2v) is 8.19. The van der Waals surface area contributed by atoms with Crippen LogP contribution in [0.5, 0.6) is 0 Å². The standard InChI is InChI=1S/C21H25F3N4O3/c1-14-2-4-15(5-3-14)9-26-19(29)16-8-20(13-30-16)12-28(6-7-31-20)11-18-25-10-17(27-18)21(22,23)24/h2-5,10,16H,6-9,11-13H2,1H3,(H,25,27)(H,26,29). The fourth-order valence-electron chi connectivity index (χ4n) is 3.95. The first-order valence-electron chi connectivity index (χ1n) is 10.1. The molecule has 2 aliphatic heterocycles. The summed E-state index contributed by atoms with van der Waals surface area (Å²) in [5.74, 6) is 0.0507. The lowest BCUT2D eigenvalue weighted by molar-refractivity contribution is -0.141.